The molecule has 3 aromatic rings. The Kier molecular flexibility index (Phi) is 7.00. The average Bonchev–Trinajstić information content (AvgIpc) is 2.76. The number of hydrogen-bond donors (Lipinski definition) is 1. The van der Waals surface area contributed by atoms with Gasteiger partial charge in [0.15, 0.2) is 6.61 Å². The Labute approximate surface area is 170 Å². The molecule has 1 N–H and O–H groups in total. The lowest BCUT2D eigenvalue weighted by Crippen LogP contribution is -2.31. The third-order valence-corrected chi connectivity index (χ3v) is 4.39. The fourth-order valence-corrected chi connectivity index (χ4v) is 2.95. The van der Waals surface area contributed by atoms with E-state index < -0.39 is 0 Å². The van der Waals surface area contributed by atoms with E-state index >= 15 is 0 Å². The fraction of sp³-hybridized carbons (Fsp3) is 0.167. The molecule has 29 heavy (non-hydrogen) atoms. The van der Waals surface area contributed by atoms with Gasteiger partial charge in [-0.3, -0.25) is 9.59 Å². The molecular weight excluding hydrogens is 364 g/mol. The topological polar surface area (TPSA) is 58.6 Å². The molecule has 0 unspecified atom stereocenters. The summed E-state index contributed by atoms with van der Waals surface area (Å²) >= 11 is 0. The van der Waals surface area contributed by atoms with Crippen LogP contribution in [0.1, 0.15) is 12.5 Å². The zero-order valence-electron chi connectivity index (χ0n) is 16.4. The summed E-state index contributed by atoms with van der Waals surface area (Å²) in [7, 11) is 0. The fourth-order valence-electron chi connectivity index (χ4n) is 2.95. The highest BCUT2D eigenvalue weighted by Crippen LogP contribution is 2.16. The SMILES string of the molecule is CCN(C(=O)Cc1ccc(NC(=O)COc2ccccc2)cc1)c1ccccc1. The summed E-state index contributed by atoms with van der Waals surface area (Å²) in [6.07, 6.45) is 0.300. The van der Waals surface area contributed by atoms with Crippen LogP contribution in [0.25, 0.3) is 0 Å². The van der Waals surface area contributed by atoms with Crippen molar-refractivity contribution in [1.82, 2.24) is 0 Å². The molecular formula is C24H24N2O3. The van der Waals surface area contributed by atoms with Crippen LogP contribution in [0.4, 0.5) is 11.4 Å². The number of carbonyl (C=O) groups excluding carboxylic acids is 2. The molecule has 0 heterocycles. The van der Waals surface area contributed by atoms with E-state index in [-0.39, 0.29) is 18.4 Å². The first-order valence-corrected chi connectivity index (χ1v) is 9.57. The Morgan fingerprint density at radius 1 is 0.862 bits per heavy atom. The molecule has 0 aliphatic heterocycles. The molecule has 3 rings (SSSR count). The summed E-state index contributed by atoms with van der Waals surface area (Å²) in [5, 5.41) is 2.79. The molecule has 148 valence electrons. The van der Waals surface area contributed by atoms with Crippen LogP contribution >= 0.6 is 0 Å². The highest BCUT2D eigenvalue weighted by Gasteiger charge is 2.14. The van der Waals surface area contributed by atoms with Gasteiger partial charge < -0.3 is 15.0 Å². The molecule has 0 bridgehead atoms. The molecule has 2 amide bonds. The van der Waals surface area contributed by atoms with Crippen molar-refractivity contribution < 1.29 is 14.3 Å². The van der Waals surface area contributed by atoms with E-state index in [1.807, 2.05) is 67.6 Å². The van der Waals surface area contributed by atoms with Crippen molar-refractivity contribution in [3.05, 3.63) is 90.5 Å². The van der Waals surface area contributed by atoms with Crippen LogP contribution in [-0.4, -0.2) is 25.0 Å². The Balaban J connectivity index is 1.53. The second-order valence-electron chi connectivity index (χ2n) is 6.50. The lowest BCUT2D eigenvalue weighted by Gasteiger charge is -2.21. The van der Waals surface area contributed by atoms with Gasteiger partial charge in [0.2, 0.25) is 5.91 Å². The first-order chi connectivity index (χ1) is 14.2. The minimum absolute atomic E-state index is 0.0340. The van der Waals surface area contributed by atoms with E-state index in [0.717, 1.165) is 11.3 Å². The van der Waals surface area contributed by atoms with E-state index in [0.29, 0.717) is 24.4 Å². The van der Waals surface area contributed by atoms with E-state index in [2.05, 4.69) is 5.32 Å². The molecule has 0 atom stereocenters. The van der Waals surface area contributed by atoms with Gasteiger partial charge in [-0.15, -0.1) is 0 Å². The van der Waals surface area contributed by atoms with Gasteiger partial charge in [0.05, 0.1) is 6.42 Å². The Hall–Kier alpha value is -3.60. The maximum Gasteiger partial charge on any atom is 0.262 e. The van der Waals surface area contributed by atoms with Crippen LogP contribution in [0.2, 0.25) is 0 Å². The Morgan fingerprint density at radius 2 is 1.48 bits per heavy atom. The number of para-hydroxylation sites is 2. The van der Waals surface area contributed by atoms with E-state index in [1.54, 1.807) is 29.2 Å². The summed E-state index contributed by atoms with van der Waals surface area (Å²) in [6.45, 7) is 2.51. The monoisotopic (exact) mass is 388 g/mol. The van der Waals surface area contributed by atoms with Crippen LogP contribution in [0.3, 0.4) is 0 Å². The number of hydrogen-bond acceptors (Lipinski definition) is 3. The molecule has 0 fully saturated rings. The van der Waals surface area contributed by atoms with Crippen molar-refractivity contribution in [1.29, 1.82) is 0 Å². The zero-order chi connectivity index (χ0) is 20.5. The number of carbonyl (C=O) groups is 2. The maximum absolute atomic E-state index is 12.7. The summed E-state index contributed by atoms with van der Waals surface area (Å²) < 4.78 is 5.43. The molecule has 3 aromatic carbocycles. The van der Waals surface area contributed by atoms with Gasteiger partial charge in [0.1, 0.15) is 5.75 Å². The molecule has 0 saturated heterocycles. The third-order valence-electron chi connectivity index (χ3n) is 4.39. The number of rotatable bonds is 8. The second kappa shape index (κ2) is 10.1. The molecule has 0 saturated carbocycles. The lowest BCUT2D eigenvalue weighted by atomic mass is 10.1. The number of nitrogens with zero attached hydrogens (tertiary/aromatic N) is 1. The van der Waals surface area contributed by atoms with Crippen LogP contribution in [0.5, 0.6) is 5.75 Å². The van der Waals surface area contributed by atoms with Gasteiger partial charge in [0.25, 0.3) is 5.91 Å². The van der Waals surface area contributed by atoms with Gasteiger partial charge in [-0.05, 0) is 48.9 Å². The van der Waals surface area contributed by atoms with Gasteiger partial charge in [-0.2, -0.15) is 0 Å². The molecule has 0 aromatic heterocycles. The highest BCUT2D eigenvalue weighted by atomic mass is 16.5. The second-order valence-corrected chi connectivity index (χ2v) is 6.50. The molecule has 0 radical (unpaired) electrons. The summed E-state index contributed by atoms with van der Waals surface area (Å²) in [6, 6.07) is 26.1. The first kappa shape index (κ1) is 20.1. The quantitative estimate of drug-likeness (QED) is 0.626. The summed E-state index contributed by atoms with van der Waals surface area (Å²) in [5.41, 5.74) is 2.45. The number of ether oxygens (including phenoxy) is 1. The smallest absolute Gasteiger partial charge is 0.262 e. The Morgan fingerprint density at radius 3 is 2.10 bits per heavy atom. The van der Waals surface area contributed by atoms with E-state index in [9.17, 15) is 9.59 Å². The van der Waals surface area contributed by atoms with Crippen molar-refractivity contribution in [3.8, 4) is 5.75 Å². The van der Waals surface area contributed by atoms with Gasteiger partial charge in [-0.1, -0.05) is 48.5 Å². The van der Waals surface area contributed by atoms with Crippen molar-refractivity contribution in [2.45, 2.75) is 13.3 Å². The summed E-state index contributed by atoms with van der Waals surface area (Å²) in [5.74, 6) is 0.445. The lowest BCUT2D eigenvalue weighted by molar-refractivity contribution is -0.118. The van der Waals surface area contributed by atoms with Crippen molar-refractivity contribution in [2.75, 3.05) is 23.4 Å². The predicted octanol–water partition coefficient (Wildman–Crippen LogP) is 4.30. The molecule has 5 nitrogen and oxygen atoms in total. The number of anilines is 2. The molecule has 0 spiro atoms. The number of benzene rings is 3. The minimum atomic E-state index is -0.237. The van der Waals surface area contributed by atoms with Crippen LogP contribution in [-0.2, 0) is 16.0 Å². The standard InChI is InChI=1S/C24H24N2O3/c1-2-26(21-9-5-3-6-10-21)24(28)17-19-13-15-20(16-14-19)25-23(27)18-29-22-11-7-4-8-12-22/h3-16H,2,17-18H2,1H3,(H,25,27). The minimum Gasteiger partial charge on any atom is -0.484 e. The third kappa shape index (κ3) is 5.94. The summed E-state index contributed by atoms with van der Waals surface area (Å²) in [4.78, 5) is 26.5. The van der Waals surface area contributed by atoms with Crippen LogP contribution < -0.4 is 15.0 Å². The number of nitrogens with one attached hydrogen (secondary N) is 1. The van der Waals surface area contributed by atoms with Crippen molar-refractivity contribution >= 4 is 23.2 Å². The normalized spacial score (nSPS) is 10.2. The first-order valence-electron chi connectivity index (χ1n) is 9.57. The van der Waals surface area contributed by atoms with Gasteiger partial charge in [-0.25, -0.2) is 0 Å². The predicted molar refractivity (Wildman–Crippen MR) is 115 cm³/mol. The molecule has 0 aliphatic carbocycles. The van der Waals surface area contributed by atoms with Crippen LogP contribution in [0.15, 0.2) is 84.9 Å². The molecule has 5 heteroatoms. The largest absolute Gasteiger partial charge is 0.484 e. The average molecular weight is 388 g/mol. The van der Waals surface area contributed by atoms with Gasteiger partial charge in [0, 0.05) is 17.9 Å². The number of amides is 2. The van der Waals surface area contributed by atoms with E-state index in [1.165, 1.54) is 0 Å². The highest BCUT2D eigenvalue weighted by molar-refractivity contribution is 5.95. The molecule has 0 aliphatic rings. The van der Waals surface area contributed by atoms with Crippen LogP contribution in [0, 0.1) is 0 Å². The van der Waals surface area contributed by atoms with Crippen molar-refractivity contribution in [2.24, 2.45) is 0 Å². The van der Waals surface area contributed by atoms with Gasteiger partial charge >= 0.3 is 0 Å². The zero-order valence-corrected chi connectivity index (χ0v) is 16.4. The maximum atomic E-state index is 12.7. The Bertz CT molecular complexity index is 925. The van der Waals surface area contributed by atoms with E-state index in [4.69, 9.17) is 4.74 Å². The number of likely N-dealkylation sites (N-methyl/N-ethyl adjacent to an activating group) is 1. The van der Waals surface area contributed by atoms with Crippen molar-refractivity contribution in [3.63, 3.8) is 0 Å².